The van der Waals surface area contributed by atoms with Gasteiger partial charge in [0.15, 0.2) is 0 Å². The van der Waals surface area contributed by atoms with Crippen molar-refractivity contribution >= 4 is 11.9 Å². The molecule has 1 fully saturated rings. The lowest BCUT2D eigenvalue weighted by molar-refractivity contribution is -0.131. The molecule has 1 aromatic rings. The highest BCUT2D eigenvalue weighted by atomic mass is 16.5. The first kappa shape index (κ1) is 16.3. The average molecular weight is 305 g/mol. The summed E-state index contributed by atoms with van der Waals surface area (Å²) in [6.07, 6.45) is 1.50. The fourth-order valence-corrected chi connectivity index (χ4v) is 2.70. The molecular weight excluding hydrogens is 282 g/mol. The maximum atomic E-state index is 12.7. The lowest BCUT2D eigenvalue weighted by Gasteiger charge is -2.23. The molecule has 120 valence electrons. The number of methoxy groups -OCH3 is 1. The first-order chi connectivity index (χ1) is 10.4. The molecule has 6 nitrogen and oxygen atoms in total. The summed E-state index contributed by atoms with van der Waals surface area (Å²) in [5, 5.41) is 2.80. The van der Waals surface area contributed by atoms with E-state index in [0.29, 0.717) is 19.5 Å². The molecule has 1 unspecified atom stereocenters. The zero-order chi connectivity index (χ0) is 16.3. The number of nitrogens with one attached hydrogen (secondary N) is 1. The number of nitrogens with two attached hydrogens (primary N) is 1. The van der Waals surface area contributed by atoms with Crippen LogP contribution in [0.4, 0.5) is 4.79 Å². The maximum absolute atomic E-state index is 12.7. The van der Waals surface area contributed by atoms with Crippen LogP contribution in [0.15, 0.2) is 18.2 Å². The van der Waals surface area contributed by atoms with Crippen LogP contribution in [0.1, 0.15) is 30.9 Å². The van der Waals surface area contributed by atoms with Gasteiger partial charge in [-0.1, -0.05) is 6.07 Å². The minimum Gasteiger partial charge on any atom is -0.496 e. The average Bonchev–Trinajstić information content (AvgIpc) is 2.71. The van der Waals surface area contributed by atoms with Gasteiger partial charge in [0, 0.05) is 6.54 Å². The van der Waals surface area contributed by atoms with Crippen LogP contribution in [0.5, 0.6) is 5.75 Å². The van der Waals surface area contributed by atoms with Crippen molar-refractivity contribution in [3.8, 4) is 5.75 Å². The van der Waals surface area contributed by atoms with Crippen LogP contribution in [0.25, 0.3) is 0 Å². The van der Waals surface area contributed by atoms with Crippen molar-refractivity contribution in [2.75, 3.05) is 20.2 Å². The molecule has 1 aliphatic rings. The van der Waals surface area contributed by atoms with E-state index in [-0.39, 0.29) is 11.9 Å². The van der Waals surface area contributed by atoms with E-state index in [1.807, 2.05) is 25.1 Å². The van der Waals surface area contributed by atoms with Crippen molar-refractivity contribution in [3.05, 3.63) is 29.3 Å². The summed E-state index contributed by atoms with van der Waals surface area (Å²) >= 11 is 0. The minimum absolute atomic E-state index is 0.223. The Hall–Kier alpha value is -2.08. The number of urea groups is 1. The molecule has 1 atom stereocenters. The SMILES string of the molecule is COc1ccc(C2(C)NC(=O)N(CCCCN)C2=O)cc1C. The third kappa shape index (κ3) is 2.78. The molecule has 0 spiro atoms. The maximum Gasteiger partial charge on any atom is 0.325 e. The van der Waals surface area contributed by atoms with E-state index >= 15 is 0 Å². The van der Waals surface area contributed by atoms with Gasteiger partial charge in [-0.2, -0.15) is 0 Å². The summed E-state index contributed by atoms with van der Waals surface area (Å²) in [6, 6.07) is 5.15. The number of unbranched alkanes of at least 4 members (excludes halogenated alkanes) is 1. The molecule has 0 aliphatic carbocycles. The number of rotatable bonds is 6. The van der Waals surface area contributed by atoms with Crippen molar-refractivity contribution in [2.45, 2.75) is 32.2 Å². The van der Waals surface area contributed by atoms with E-state index in [1.165, 1.54) is 4.90 Å². The van der Waals surface area contributed by atoms with E-state index in [2.05, 4.69) is 5.32 Å². The van der Waals surface area contributed by atoms with Crippen LogP contribution >= 0.6 is 0 Å². The summed E-state index contributed by atoms with van der Waals surface area (Å²) in [5.74, 6) is 0.531. The molecule has 1 heterocycles. The fraction of sp³-hybridized carbons (Fsp3) is 0.500. The lowest BCUT2D eigenvalue weighted by atomic mass is 9.90. The Morgan fingerprint density at radius 3 is 2.64 bits per heavy atom. The number of amides is 3. The molecule has 0 bridgehead atoms. The van der Waals surface area contributed by atoms with E-state index in [4.69, 9.17) is 10.5 Å². The molecule has 2 rings (SSSR count). The van der Waals surface area contributed by atoms with Crippen molar-refractivity contribution < 1.29 is 14.3 Å². The Kier molecular flexibility index (Phi) is 4.71. The Morgan fingerprint density at radius 1 is 1.32 bits per heavy atom. The van der Waals surface area contributed by atoms with Gasteiger partial charge in [-0.05, 0) is 56.5 Å². The van der Waals surface area contributed by atoms with Crippen molar-refractivity contribution in [1.29, 1.82) is 0 Å². The van der Waals surface area contributed by atoms with Crippen molar-refractivity contribution in [1.82, 2.24) is 10.2 Å². The molecule has 0 saturated carbocycles. The number of imide groups is 1. The van der Waals surface area contributed by atoms with E-state index < -0.39 is 5.54 Å². The molecule has 3 N–H and O–H groups in total. The van der Waals surface area contributed by atoms with Gasteiger partial charge in [0.25, 0.3) is 5.91 Å². The molecule has 1 aromatic carbocycles. The zero-order valence-corrected chi connectivity index (χ0v) is 13.3. The molecule has 0 radical (unpaired) electrons. The molecule has 1 aliphatic heterocycles. The monoisotopic (exact) mass is 305 g/mol. The summed E-state index contributed by atoms with van der Waals surface area (Å²) in [7, 11) is 1.60. The van der Waals surface area contributed by atoms with Crippen LogP contribution in [-0.4, -0.2) is 37.0 Å². The second kappa shape index (κ2) is 6.36. The number of hydrogen-bond acceptors (Lipinski definition) is 4. The lowest BCUT2D eigenvalue weighted by Crippen LogP contribution is -2.41. The fourth-order valence-electron chi connectivity index (χ4n) is 2.70. The highest BCUT2D eigenvalue weighted by Crippen LogP contribution is 2.31. The number of aryl methyl sites for hydroxylation is 1. The third-order valence-electron chi connectivity index (χ3n) is 4.08. The summed E-state index contributed by atoms with van der Waals surface area (Å²) in [6.45, 7) is 4.59. The number of carbonyl (C=O) groups is 2. The zero-order valence-electron chi connectivity index (χ0n) is 13.3. The quantitative estimate of drug-likeness (QED) is 0.616. The molecule has 6 heteroatoms. The largest absolute Gasteiger partial charge is 0.496 e. The number of nitrogens with zero attached hydrogens (tertiary/aromatic N) is 1. The highest BCUT2D eigenvalue weighted by molar-refractivity contribution is 6.07. The smallest absolute Gasteiger partial charge is 0.325 e. The molecule has 0 aromatic heterocycles. The molecule has 1 saturated heterocycles. The van der Waals surface area contributed by atoms with Crippen LogP contribution in [-0.2, 0) is 10.3 Å². The Bertz CT molecular complexity index is 588. The Morgan fingerprint density at radius 2 is 2.05 bits per heavy atom. The predicted molar refractivity (Wildman–Crippen MR) is 83.6 cm³/mol. The third-order valence-corrected chi connectivity index (χ3v) is 4.08. The molecular formula is C16H23N3O3. The highest BCUT2D eigenvalue weighted by Gasteiger charge is 2.48. The van der Waals surface area contributed by atoms with Gasteiger partial charge in [0.2, 0.25) is 0 Å². The first-order valence-corrected chi connectivity index (χ1v) is 7.43. The minimum atomic E-state index is -1.03. The van der Waals surface area contributed by atoms with Gasteiger partial charge < -0.3 is 15.8 Å². The van der Waals surface area contributed by atoms with Gasteiger partial charge in [0.1, 0.15) is 11.3 Å². The molecule has 3 amide bonds. The second-order valence-corrected chi connectivity index (χ2v) is 5.69. The van der Waals surface area contributed by atoms with Gasteiger partial charge in [0.05, 0.1) is 7.11 Å². The number of carbonyl (C=O) groups excluding carboxylic acids is 2. The normalized spacial score (nSPS) is 21.2. The van der Waals surface area contributed by atoms with E-state index in [0.717, 1.165) is 23.3 Å². The van der Waals surface area contributed by atoms with Crippen molar-refractivity contribution in [2.24, 2.45) is 5.73 Å². The van der Waals surface area contributed by atoms with E-state index in [1.54, 1.807) is 14.0 Å². The first-order valence-electron chi connectivity index (χ1n) is 7.43. The van der Waals surface area contributed by atoms with Gasteiger partial charge >= 0.3 is 6.03 Å². The number of benzene rings is 1. The summed E-state index contributed by atoms with van der Waals surface area (Å²) in [5.41, 5.74) is 6.10. The summed E-state index contributed by atoms with van der Waals surface area (Å²) in [4.78, 5) is 26.1. The number of ether oxygens (including phenoxy) is 1. The Labute approximate surface area is 130 Å². The second-order valence-electron chi connectivity index (χ2n) is 5.69. The van der Waals surface area contributed by atoms with E-state index in [9.17, 15) is 9.59 Å². The van der Waals surface area contributed by atoms with Crippen LogP contribution in [0.2, 0.25) is 0 Å². The standard InChI is InChI=1S/C16H23N3O3/c1-11-10-12(6-7-13(11)22-3)16(2)14(20)19(15(21)18-16)9-5-4-8-17/h6-7,10H,4-5,8-9,17H2,1-3H3,(H,18,21). The van der Waals surface area contributed by atoms with Gasteiger partial charge in [-0.15, -0.1) is 0 Å². The van der Waals surface area contributed by atoms with Crippen molar-refractivity contribution in [3.63, 3.8) is 0 Å². The van der Waals surface area contributed by atoms with Gasteiger partial charge in [-0.3, -0.25) is 9.69 Å². The summed E-state index contributed by atoms with van der Waals surface area (Å²) < 4.78 is 5.24. The van der Waals surface area contributed by atoms with Crippen LogP contribution in [0.3, 0.4) is 0 Å². The predicted octanol–water partition coefficient (Wildman–Crippen LogP) is 1.51. The number of hydrogen-bond donors (Lipinski definition) is 2. The van der Waals surface area contributed by atoms with Crippen LogP contribution in [0, 0.1) is 6.92 Å². The molecule has 22 heavy (non-hydrogen) atoms. The van der Waals surface area contributed by atoms with Crippen LogP contribution < -0.4 is 15.8 Å². The Balaban J connectivity index is 2.25. The topological polar surface area (TPSA) is 84.7 Å². The van der Waals surface area contributed by atoms with Gasteiger partial charge in [-0.25, -0.2) is 4.79 Å².